The molecular formula is C18H19N3O4S2. The van der Waals surface area contributed by atoms with Crippen LogP contribution >= 0.6 is 11.3 Å². The molecule has 0 atom stereocenters. The third-order valence-electron chi connectivity index (χ3n) is 3.78. The number of amides is 1. The molecule has 9 heteroatoms. The van der Waals surface area contributed by atoms with Crippen LogP contribution in [0.2, 0.25) is 0 Å². The van der Waals surface area contributed by atoms with Crippen LogP contribution in [-0.4, -0.2) is 37.6 Å². The van der Waals surface area contributed by atoms with E-state index in [1.165, 1.54) is 24.3 Å². The Balaban J connectivity index is 1.91. The van der Waals surface area contributed by atoms with Gasteiger partial charge in [-0.05, 0) is 41.8 Å². The standard InChI is InChI=1S/C18H19N3O4S2/c1-12(23)20-18-21-16-7-6-14(11-17(16)26-18)13-4-2-5-15(10-13)27(24,25)19-8-3-9-22/h2,4-7,10-11,19,22H,3,8-9H2,1H3,(H,20,21,23). The van der Waals surface area contributed by atoms with E-state index >= 15 is 0 Å². The topological polar surface area (TPSA) is 108 Å². The van der Waals surface area contributed by atoms with E-state index in [2.05, 4.69) is 15.0 Å². The highest BCUT2D eigenvalue weighted by Crippen LogP contribution is 2.31. The molecule has 142 valence electrons. The van der Waals surface area contributed by atoms with Crippen LogP contribution in [0.5, 0.6) is 0 Å². The number of fused-ring (bicyclic) bond motifs is 1. The van der Waals surface area contributed by atoms with Crippen molar-refractivity contribution in [1.29, 1.82) is 0 Å². The molecule has 0 saturated heterocycles. The van der Waals surface area contributed by atoms with Gasteiger partial charge in [0, 0.05) is 20.1 Å². The molecule has 0 aliphatic rings. The number of hydrogen-bond donors (Lipinski definition) is 3. The van der Waals surface area contributed by atoms with Crippen molar-refractivity contribution in [3.63, 3.8) is 0 Å². The van der Waals surface area contributed by atoms with Gasteiger partial charge in [0.25, 0.3) is 0 Å². The van der Waals surface area contributed by atoms with Gasteiger partial charge in [-0.3, -0.25) is 4.79 Å². The zero-order valence-electron chi connectivity index (χ0n) is 14.6. The minimum absolute atomic E-state index is 0.0715. The number of carbonyl (C=O) groups excluding carboxylic acids is 1. The van der Waals surface area contributed by atoms with E-state index in [1.54, 1.807) is 12.1 Å². The smallest absolute Gasteiger partial charge is 0.240 e. The van der Waals surface area contributed by atoms with E-state index in [-0.39, 0.29) is 24.0 Å². The number of benzene rings is 2. The highest BCUT2D eigenvalue weighted by Gasteiger charge is 2.14. The molecule has 0 bridgehead atoms. The van der Waals surface area contributed by atoms with Gasteiger partial charge in [0.2, 0.25) is 15.9 Å². The Morgan fingerprint density at radius 1 is 1.19 bits per heavy atom. The van der Waals surface area contributed by atoms with E-state index in [0.29, 0.717) is 11.6 Å². The van der Waals surface area contributed by atoms with E-state index < -0.39 is 10.0 Å². The maximum Gasteiger partial charge on any atom is 0.240 e. The van der Waals surface area contributed by atoms with Crippen LogP contribution in [0.15, 0.2) is 47.4 Å². The van der Waals surface area contributed by atoms with Gasteiger partial charge in [0.15, 0.2) is 5.13 Å². The molecule has 0 fully saturated rings. The SMILES string of the molecule is CC(=O)Nc1nc2ccc(-c3cccc(S(=O)(=O)NCCCO)c3)cc2s1. The molecule has 3 N–H and O–H groups in total. The summed E-state index contributed by atoms with van der Waals surface area (Å²) in [6, 6.07) is 12.3. The zero-order chi connectivity index (χ0) is 19.4. The average molecular weight is 406 g/mol. The summed E-state index contributed by atoms with van der Waals surface area (Å²) in [4.78, 5) is 15.7. The number of nitrogens with zero attached hydrogens (tertiary/aromatic N) is 1. The lowest BCUT2D eigenvalue weighted by molar-refractivity contribution is -0.114. The first kappa shape index (κ1) is 19.4. The molecule has 0 aliphatic carbocycles. The second-order valence-corrected chi connectivity index (χ2v) is 8.68. The maximum atomic E-state index is 12.4. The molecular weight excluding hydrogens is 386 g/mol. The molecule has 7 nitrogen and oxygen atoms in total. The lowest BCUT2D eigenvalue weighted by atomic mass is 10.1. The molecule has 1 amide bonds. The van der Waals surface area contributed by atoms with E-state index in [9.17, 15) is 13.2 Å². The summed E-state index contributed by atoms with van der Waals surface area (Å²) in [5.41, 5.74) is 2.38. The van der Waals surface area contributed by atoms with Crippen molar-refractivity contribution in [1.82, 2.24) is 9.71 Å². The van der Waals surface area contributed by atoms with Crippen molar-refractivity contribution in [2.75, 3.05) is 18.5 Å². The number of carbonyl (C=O) groups is 1. The molecule has 1 aromatic heterocycles. The fraction of sp³-hybridized carbons (Fsp3) is 0.222. The summed E-state index contributed by atoms with van der Waals surface area (Å²) in [6.07, 6.45) is 0.359. The van der Waals surface area contributed by atoms with Gasteiger partial charge in [0.05, 0.1) is 15.1 Å². The summed E-state index contributed by atoms with van der Waals surface area (Å²) >= 11 is 1.36. The molecule has 0 aliphatic heterocycles. The Bertz CT molecular complexity index is 1080. The summed E-state index contributed by atoms with van der Waals surface area (Å²) in [5.74, 6) is -0.180. The van der Waals surface area contributed by atoms with Gasteiger partial charge in [-0.1, -0.05) is 29.5 Å². The number of rotatable bonds is 7. The van der Waals surface area contributed by atoms with E-state index in [4.69, 9.17) is 5.11 Å². The normalized spacial score (nSPS) is 11.6. The van der Waals surface area contributed by atoms with Gasteiger partial charge in [0.1, 0.15) is 0 Å². The molecule has 2 aromatic carbocycles. The number of sulfonamides is 1. The van der Waals surface area contributed by atoms with Crippen LogP contribution in [0.3, 0.4) is 0 Å². The van der Waals surface area contributed by atoms with Gasteiger partial charge >= 0.3 is 0 Å². The number of aromatic nitrogens is 1. The van der Waals surface area contributed by atoms with Crippen LogP contribution in [-0.2, 0) is 14.8 Å². The molecule has 1 heterocycles. The van der Waals surface area contributed by atoms with E-state index in [1.807, 2.05) is 24.3 Å². The summed E-state index contributed by atoms with van der Waals surface area (Å²) in [6.45, 7) is 1.54. The molecule has 3 aromatic rings. The van der Waals surface area contributed by atoms with Crippen LogP contribution in [0.1, 0.15) is 13.3 Å². The van der Waals surface area contributed by atoms with Gasteiger partial charge < -0.3 is 10.4 Å². The average Bonchev–Trinajstić information content (AvgIpc) is 3.02. The maximum absolute atomic E-state index is 12.4. The van der Waals surface area contributed by atoms with Crippen LogP contribution < -0.4 is 10.0 Å². The summed E-state index contributed by atoms with van der Waals surface area (Å²) in [7, 11) is -3.63. The number of aliphatic hydroxyl groups excluding tert-OH is 1. The Morgan fingerprint density at radius 3 is 2.70 bits per heavy atom. The number of anilines is 1. The first-order valence-electron chi connectivity index (χ1n) is 8.28. The largest absolute Gasteiger partial charge is 0.396 e. The van der Waals surface area contributed by atoms with Crippen molar-refractivity contribution in [3.8, 4) is 11.1 Å². The molecule has 27 heavy (non-hydrogen) atoms. The fourth-order valence-corrected chi connectivity index (χ4v) is 4.59. The van der Waals surface area contributed by atoms with Crippen molar-refractivity contribution in [2.45, 2.75) is 18.2 Å². The minimum atomic E-state index is -3.63. The highest BCUT2D eigenvalue weighted by molar-refractivity contribution is 7.89. The number of aliphatic hydroxyl groups is 1. The second-order valence-electron chi connectivity index (χ2n) is 5.89. The molecule has 0 spiro atoms. The summed E-state index contributed by atoms with van der Waals surface area (Å²) < 4.78 is 28.1. The van der Waals surface area contributed by atoms with Crippen molar-refractivity contribution < 1.29 is 18.3 Å². The Labute approximate surface area is 161 Å². The minimum Gasteiger partial charge on any atom is -0.396 e. The molecule has 0 saturated carbocycles. The van der Waals surface area contributed by atoms with Crippen LogP contribution in [0, 0.1) is 0 Å². The van der Waals surface area contributed by atoms with Gasteiger partial charge in [-0.15, -0.1) is 0 Å². The number of nitrogens with one attached hydrogen (secondary N) is 2. The zero-order valence-corrected chi connectivity index (χ0v) is 16.2. The van der Waals surface area contributed by atoms with Crippen molar-refractivity contribution in [3.05, 3.63) is 42.5 Å². The van der Waals surface area contributed by atoms with Crippen LogP contribution in [0.4, 0.5) is 5.13 Å². The molecule has 0 unspecified atom stereocenters. The number of thiazole rings is 1. The van der Waals surface area contributed by atoms with Gasteiger partial charge in [-0.25, -0.2) is 18.1 Å². The predicted molar refractivity (Wildman–Crippen MR) is 106 cm³/mol. The first-order valence-corrected chi connectivity index (χ1v) is 10.6. The molecule has 3 rings (SSSR count). The van der Waals surface area contributed by atoms with Gasteiger partial charge in [-0.2, -0.15) is 0 Å². The van der Waals surface area contributed by atoms with E-state index in [0.717, 1.165) is 21.3 Å². The third-order valence-corrected chi connectivity index (χ3v) is 6.17. The van der Waals surface area contributed by atoms with Crippen molar-refractivity contribution >= 4 is 42.6 Å². The fourth-order valence-electron chi connectivity index (χ4n) is 2.52. The third kappa shape index (κ3) is 4.69. The lowest BCUT2D eigenvalue weighted by Gasteiger charge is -2.08. The summed E-state index contributed by atoms with van der Waals surface area (Å²) in [5, 5.41) is 12.0. The Kier molecular flexibility index (Phi) is 5.85. The van der Waals surface area contributed by atoms with Crippen molar-refractivity contribution in [2.24, 2.45) is 0 Å². The predicted octanol–water partition coefficient (Wildman–Crippen LogP) is 2.58. The second kappa shape index (κ2) is 8.13. The Hall–Kier alpha value is -2.33. The first-order chi connectivity index (χ1) is 12.9. The molecule has 0 radical (unpaired) electrons. The Morgan fingerprint density at radius 2 is 1.96 bits per heavy atom. The highest BCUT2D eigenvalue weighted by atomic mass is 32.2. The number of hydrogen-bond acceptors (Lipinski definition) is 6. The quantitative estimate of drug-likeness (QED) is 0.524. The monoisotopic (exact) mass is 405 g/mol. The van der Waals surface area contributed by atoms with Crippen LogP contribution in [0.25, 0.3) is 21.3 Å². The lowest BCUT2D eigenvalue weighted by Crippen LogP contribution is -2.25.